The molecule has 1 saturated carbocycles. The molecule has 2 unspecified atom stereocenters. The second-order valence-electron chi connectivity index (χ2n) is 3.56. The molecule has 0 aromatic heterocycles. The molecule has 12 heavy (non-hydrogen) atoms. The van der Waals surface area contributed by atoms with E-state index >= 15 is 0 Å². The number of nitrogens with one attached hydrogen (secondary N) is 1. The molecule has 0 aromatic rings. The van der Waals surface area contributed by atoms with Crippen LogP contribution in [0.15, 0.2) is 0 Å². The van der Waals surface area contributed by atoms with E-state index < -0.39 is 0 Å². The van der Waals surface area contributed by atoms with Crippen LogP contribution in [0.5, 0.6) is 0 Å². The SMILES string of the molecule is CC(=O)N1CC2C(C1)C2NC=O. The summed E-state index contributed by atoms with van der Waals surface area (Å²) in [6.45, 7) is 3.24. The lowest BCUT2D eigenvalue weighted by Crippen LogP contribution is -2.33. The maximum absolute atomic E-state index is 10.9. The van der Waals surface area contributed by atoms with Gasteiger partial charge in [-0.05, 0) is 0 Å². The van der Waals surface area contributed by atoms with E-state index in [1.54, 1.807) is 6.92 Å². The Morgan fingerprint density at radius 3 is 2.50 bits per heavy atom. The maximum Gasteiger partial charge on any atom is 0.219 e. The van der Waals surface area contributed by atoms with Crippen LogP contribution in [0.3, 0.4) is 0 Å². The van der Waals surface area contributed by atoms with E-state index in [2.05, 4.69) is 5.32 Å². The fraction of sp³-hybridized carbons (Fsp3) is 0.750. The molecule has 1 N–H and O–H groups in total. The number of carbonyl (C=O) groups is 2. The third-order valence-corrected chi connectivity index (χ3v) is 2.90. The lowest BCUT2D eigenvalue weighted by atomic mass is 10.4. The van der Waals surface area contributed by atoms with E-state index in [9.17, 15) is 9.59 Å². The van der Waals surface area contributed by atoms with Gasteiger partial charge in [0.25, 0.3) is 0 Å². The highest BCUT2D eigenvalue weighted by Gasteiger charge is 2.56. The second-order valence-corrected chi connectivity index (χ2v) is 3.56. The Kier molecular flexibility index (Phi) is 1.56. The van der Waals surface area contributed by atoms with E-state index in [4.69, 9.17) is 0 Å². The first kappa shape index (κ1) is 7.58. The summed E-state index contributed by atoms with van der Waals surface area (Å²) in [6, 6.07) is 0.345. The van der Waals surface area contributed by atoms with Crippen molar-refractivity contribution < 1.29 is 9.59 Å². The molecule has 1 saturated heterocycles. The first-order chi connectivity index (χ1) is 5.74. The monoisotopic (exact) mass is 168 g/mol. The Labute approximate surface area is 70.9 Å². The Balaban J connectivity index is 1.85. The van der Waals surface area contributed by atoms with Crippen molar-refractivity contribution in [2.75, 3.05) is 13.1 Å². The molecule has 2 atom stereocenters. The average molecular weight is 168 g/mol. The van der Waals surface area contributed by atoms with Gasteiger partial charge in [-0.15, -0.1) is 0 Å². The molecule has 2 fully saturated rings. The van der Waals surface area contributed by atoms with E-state index in [0.29, 0.717) is 17.9 Å². The van der Waals surface area contributed by atoms with Gasteiger partial charge in [0.05, 0.1) is 0 Å². The van der Waals surface area contributed by atoms with E-state index in [0.717, 1.165) is 19.5 Å². The highest BCUT2D eigenvalue weighted by atomic mass is 16.2. The molecule has 2 aliphatic rings. The number of rotatable bonds is 2. The Bertz CT molecular complexity index is 217. The van der Waals surface area contributed by atoms with Crippen LogP contribution in [-0.2, 0) is 9.59 Å². The summed E-state index contributed by atoms with van der Waals surface area (Å²) in [6.07, 6.45) is 0.751. The molecule has 2 amide bonds. The number of amides is 2. The molecule has 0 radical (unpaired) electrons. The van der Waals surface area contributed by atoms with E-state index in [-0.39, 0.29) is 5.91 Å². The molecule has 0 aromatic carbocycles. The van der Waals surface area contributed by atoms with Crippen LogP contribution in [-0.4, -0.2) is 36.3 Å². The van der Waals surface area contributed by atoms with Gasteiger partial charge in [0.15, 0.2) is 0 Å². The number of hydrogen-bond donors (Lipinski definition) is 1. The van der Waals surface area contributed by atoms with Crippen LogP contribution in [0.1, 0.15) is 6.92 Å². The summed E-state index contributed by atoms with van der Waals surface area (Å²) in [5.74, 6) is 1.20. The molecular formula is C8H12N2O2. The van der Waals surface area contributed by atoms with Gasteiger partial charge in [-0.2, -0.15) is 0 Å². The first-order valence-corrected chi connectivity index (χ1v) is 4.19. The first-order valence-electron chi connectivity index (χ1n) is 4.19. The van der Waals surface area contributed by atoms with Crippen molar-refractivity contribution >= 4 is 12.3 Å². The Morgan fingerprint density at radius 2 is 2.08 bits per heavy atom. The zero-order valence-electron chi connectivity index (χ0n) is 6.99. The van der Waals surface area contributed by atoms with Gasteiger partial charge in [0, 0.05) is 37.9 Å². The molecule has 66 valence electrons. The molecule has 4 nitrogen and oxygen atoms in total. The van der Waals surface area contributed by atoms with Crippen LogP contribution in [0.25, 0.3) is 0 Å². The highest BCUT2D eigenvalue weighted by molar-refractivity contribution is 5.74. The highest BCUT2D eigenvalue weighted by Crippen LogP contribution is 2.45. The van der Waals surface area contributed by atoms with Gasteiger partial charge in [-0.25, -0.2) is 0 Å². The van der Waals surface area contributed by atoms with Crippen molar-refractivity contribution in [3.8, 4) is 0 Å². The van der Waals surface area contributed by atoms with Crippen molar-refractivity contribution in [3.63, 3.8) is 0 Å². The molecule has 2 rings (SSSR count). The number of hydrogen-bond acceptors (Lipinski definition) is 2. The van der Waals surface area contributed by atoms with Gasteiger partial charge in [0.2, 0.25) is 12.3 Å². The normalized spacial score (nSPS) is 37.4. The van der Waals surface area contributed by atoms with Crippen LogP contribution < -0.4 is 5.32 Å². The Hall–Kier alpha value is -1.06. The van der Waals surface area contributed by atoms with Crippen molar-refractivity contribution in [2.45, 2.75) is 13.0 Å². The summed E-state index contributed by atoms with van der Waals surface area (Å²) in [7, 11) is 0. The fourth-order valence-corrected chi connectivity index (χ4v) is 2.11. The van der Waals surface area contributed by atoms with Crippen molar-refractivity contribution in [1.29, 1.82) is 0 Å². The van der Waals surface area contributed by atoms with Gasteiger partial charge in [0.1, 0.15) is 0 Å². The number of fused-ring (bicyclic) bond motifs is 1. The summed E-state index contributed by atoms with van der Waals surface area (Å²) >= 11 is 0. The summed E-state index contributed by atoms with van der Waals surface area (Å²) in [4.78, 5) is 22.9. The van der Waals surface area contributed by atoms with E-state index in [1.807, 2.05) is 4.90 Å². The Morgan fingerprint density at radius 1 is 1.50 bits per heavy atom. The average Bonchev–Trinajstić information content (AvgIpc) is 2.51. The minimum absolute atomic E-state index is 0.145. The largest absolute Gasteiger partial charge is 0.355 e. The van der Waals surface area contributed by atoms with Gasteiger partial charge < -0.3 is 10.2 Å². The predicted octanol–water partition coefficient (Wildman–Crippen LogP) is -0.791. The lowest BCUT2D eigenvalue weighted by molar-refractivity contribution is -0.128. The molecule has 1 aliphatic carbocycles. The predicted molar refractivity (Wildman–Crippen MR) is 42.2 cm³/mol. The molecule has 1 aliphatic heterocycles. The summed E-state index contributed by atoms with van der Waals surface area (Å²) in [5, 5.41) is 2.76. The lowest BCUT2D eigenvalue weighted by Gasteiger charge is -2.17. The second kappa shape index (κ2) is 2.47. The minimum atomic E-state index is 0.145. The molecule has 4 heteroatoms. The third-order valence-electron chi connectivity index (χ3n) is 2.90. The topological polar surface area (TPSA) is 49.4 Å². The van der Waals surface area contributed by atoms with E-state index in [1.165, 1.54) is 0 Å². The molecular weight excluding hydrogens is 156 g/mol. The van der Waals surface area contributed by atoms with Crippen molar-refractivity contribution in [2.24, 2.45) is 11.8 Å². The quantitative estimate of drug-likeness (QED) is 0.549. The molecule has 1 heterocycles. The van der Waals surface area contributed by atoms with Gasteiger partial charge in [-0.1, -0.05) is 0 Å². The fourth-order valence-electron chi connectivity index (χ4n) is 2.11. The van der Waals surface area contributed by atoms with Crippen LogP contribution in [0.4, 0.5) is 0 Å². The van der Waals surface area contributed by atoms with Crippen LogP contribution in [0, 0.1) is 11.8 Å². The standard InChI is InChI=1S/C8H12N2O2/c1-5(12)10-2-6-7(3-10)8(6)9-4-11/h4,6-8H,2-3H2,1H3,(H,9,11). The smallest absolute Gasteiger partial charge is 0.219 e. The summed E-state index contributed by atoms with van der Waals surface area (Å²) < 4.78 is 0. The zero-order chi connectivity index (χ0) is 8.72. The van der Waals surface area contributed by atoms with Crippen molar-refractivity contribution in [1.82, 2.24) is 10.2 Å². The molecule has 0 spiro atoms. The maximum atomic E-state index is 10.9. The zero-order valence-corrected chi connectivity index (χ0v) is 6.99. The molecule has 0 bridgehead atoms. The number of carbonyl (C=O) groups excluding carboxylic acids is 2. The number of likely N-dealkylation sites (tertiary alicyclic amines) is 1. The minimum Gasteiger partial charge on any atom is -0.355 e. The van der Waals surface area contributed by atoms with Gasteiger partial charge >= 0.3 is 0 Å². The van der Waals surface area contributed by atoms with Crippen LogP contribution >= 0.6 is 0 Å². The third kappa shape index (κ3) is 0.983. The van der Waals surface area contributed by atoms with Crippen LogP contribution in [0.2, 0.25) is 0 Å². The summed E-state index contributed by atoms with van der Waals surface area (Å²) in [5.41, 5.74) is 0. The number of piperidine rings is 1. The van der Waals surface area contributed by atoms with Crippen molar-refractivity contribution in [3.05, 3.63) is 0 Å². The number of nitrogens with zero attached hydrogens (tertiary/aromatic N) is 1. The van der Waals surface area contributed by atoms with Gasteiger partial charge in [-0.3, -0.25) is 9.59 Å².